The van der Waals surface area contributed by atoms with Crippen molar-refractivity contribution in [3.8, 4) is 0 Å². The summed E-state index contributed by atoms with van der Waals surface area (Å²) in [5, 5.41) is 6.93. The van der Waals surface area contributed by atoms with Crippen LogP contribution in [0.5, 0.6) is 0 Å². The van der Waals surface area contributed by atoms with Crippen LogP contribution in [0.2, 0.25) is 0 Å². The number of aromatic nitrogens is 1. The van der Waals surface area contributed by atoms with Gasteiger partial charge in [0, 0.05) is 18.0 Å². The van der Waals surface area contributed by atoms with Crippen molar-refractivity contribution in [2.45, 2.75) is 13.3 Å². The van der Waals surface area contributed by atoms with E-state index in [1.807, 2.05) is 0 Å². The number of rotatable bonds is 7. The lowest BCUT2D eigenvalue weighted by Crippen LogP contribution is -2.21. The fraction of sp³-hybridized carbons (Fsp3) is 0.235. The van der Waals surface area contributed by atoms with Crippen molar-refractivity contribution in [3.05, 3.63) is 40.9 Å². The van der Waals surface area contributed by atoms with Gasteiger partial charge in [-0.05, 0) is 18.2 Å². The lowest BCUT2D eigenvalue weighted by Gasteiger charge is -2.07. The van der Waals surface area contributed by atoms with Crippen LogP contribution in [0, 0.1) is 0 Å². The van der Waals surface area contributed by atoms with Crippen molar-refractivity contribution in [2.24, 2.45) is 0 Å². The van der Waals surface area contributed by atoms with E-state index in [2.05, 4.69) is 20.4 Å². The number of anilines is 2. The fourth-order valence-corrected chi connectivity index (χ4v) is 2.69. The van der Waals surface area contributed by atoms with Gasteiger partial charge in [0.05, 0.1) is 24.8 Å². The summed E-state index contributed by atoms with van der Waals surface area (Å²) in [7, 11) is 1.28. The summed E-state index contributed by atoms with van der Waals surface area (Å²) >= 11 is 1.14. The average Bonchev–Trinajstić information content (AvgIpc) is 3.05. The molecule has 10 heteroatoms. The molecule has 142 valence electrons. The van der Waals surface area contributed by atoms with Gasteiger partial charge in [-0.25, -0.2) is 9.78 Å². The Morgan fingerprint density at radius 1 is 1.19 bits per heavy atom. The lowest BCUT2D eigenvalue weighted by molar-refractivity contribution is -0.139. The lowest BCUT2D eigenvalue weighted by atomic mass is 10.2. The van der Waals surface area contributed by atoms with Gasteiger partial charge >= 0.3 is 11.9 Å². The third-order valence-electron chi connectivity index (χ3n) is 3.10. The SMILES string of the molecule is COC(=O)Cc1csc(NC(=O)COC(=O)c2cccc(NC(C)=O)c2)n1. The molecule has 0 atom stereocenters. The Kier molecular flexibility index (Phi) is 7.00. The highest BCUT2D eigenvalue weighted by molar-refractivity contribution is 7.13. The maximum Gasteiger partial charge on any atom is 0.338 e. The molecule has 0 aliphatic carbocycles. The maximum atomic E-state index is 12.0. The summed E-state index contributed by atoms with van der Waals surface area (Å²) in [5.41, 5.74) is 1.11. The topological polar surface area (TPSA) is 124 Å². The van der Waals surface area contributed by atoms with Crippen molar-refractivity contribution >= 4 is 45.9 Å². The molecule has 1 heterocycles. The molecule has 0 aliphatic rings. The number of carbonyl (C=O) groups excluding carboxylic acids is 4. The van der Waals surface area contributed by atoms with E-state index in [0.717, 1.165) is 11.3 Å². The summed E-state index contributed by atoms with van der Waals surface area (Å²) in [6.45, 7) is 0.847. The van der Waals surface area contributed by atoms with E-state index in [1.54, 1.807) is 17.5 Å². The van der Waals surface area contributed by atoms with Crippen LogP contribution in [0.15, 0.2) is 29.6 Å². The Morgan fingerprint density at radius 3 is 2.67 bits per heavy atom. The van der Waals surface area contributed by atoms with E-state index in [1.165, 1.54) is 26.2 Å². The van der Waals surface area contributed by atoms with Gasteiger partial charge in [-0.1, -0.05) is 6.07 Å². The first-order chi connectivity index (χ1) is 12.9. The van der Waals surface area contributed by atoms with Crippen molar-refractivity contribution in [2.75, 3.05) is 24.4 Å². The number of hydrogen-bond acceptors (Lipinski definition) is 8. The van der Waals surface area contributed by atoms with Crippen LogP contribution in [0.4, 0.5) is 10.8 Å². The number of thiazole rings is 1. The zero-order chi connectivity index (χ0) is 19.8. The second-order valence-electron chi connectivity index (χ2n) is 5.28. The first kappa shape index (κ1) is 20.0. The molecule has 0 unspecified atom stereocenters. The molecule has 27 heavy (non-hydrogen) atoms. The van der Waals surface area contributed by atoms with Crippen molar-refractivity contribution in [1.82, 2.24) is 4.98 Å². The quantitative estimate of drug-likeness (QED) is 0.687. The number of carbonyl (C=O) groups is 4. The van der Waals surface area contributed by atoms with Crippen molar-refractivity contribution < 1.29 is 28.7 Å². The normalized spacial score (nSPS) is 10.0. The molecule has 1 aromatic carbocycles. The third kappa shape index (κ3) is 6.51. The number of amides is 2. The van der Waals surface area contributed by atoms with E-state index in [-0.39, 0.29) is 23.0 Å². The molecular formula is C17H17N3O6S. The van der Waals surface area contributed by atoms with Crippen LogP contribution >= 0.6 is 11.3 Å². The number of esters is 2. The van der Waals surface area contributed by atoms with Crippen LogP contribution in [-0.4, -0.2) is 42.5 Å². The summed E-state index contributed by atoms with van der Waals surface area (Å²) in [6, 6.07) is 6.16. The molecule has 9 nitrogen and oxygen atoms in total. The molecular weight excluding hydrogens is 374 g/mol. The van der Waals surface area contributed by atoms with E-state index in [9.17, 15) is 19.2 Å². The van der Waals surface area contributed by atoms with Crippen molar-refractivity contribution in [3.63, 3.8) is 0 Å². The highest BCUT2D eigenvalue weighted by Gasteiger charge is 2.13. The highest BCUT2D eigenvalue weighted by atomic mass is 32.1. The molecule has 0 spiro atoms. The molecule has 2 aromatic rings. The molecule has 0 bridgehead atoms. The molecule has 2 N–H and O–H groups in total. The molecule has 0 fully saturated rings. The van der Waals surface area contributed by atoms with E-state index in [0.29, 0.717) is 11.4 Å². The van der Waals surface area contributed by atoms with Crippen LogP contribution < -0.4 is 10.6 Å². The minimum absolute atomic E-state index is 0.00248. The van der Waals surface area contributed by atoms with Gasteiger partial charge in [-0.3, -0.25) is 19.7 Å². The van der Waals surface area contributed by atoms with Gasteiger partial charge in [0.15, 0.2) is 11.7 Å². The van der Waals surface area contributed by atoms with Gasteiger partial charge in [0.25, 0.3) is 5.91 Å². The smallest absolute Gasteiger partial charge is 0.338 e. The molecule has 2 amide bonds. The highest BCUT2D eigenvalue weighted by Crippen LogP contribution is 2.16. The van der Waals surface area contributed by atoms with Crippen LogP contribution in [-0.2, 0) is 30.3 Å². The number of nitrogens with zero attached hydrogens (tertiary/aromatic N) is 1. The number of hydrogen-bond donors (Lipinski definition) is 2. The largest absolute Gasteiger partial charge is 0.469 e. The molecule has 0 aliphatic heterocycles. The standard InChI is InChI=1S/C17H17N3O6S/c1-10(21)18-12-5-3-4-11(6-12)16(24)26-8-14(22)20-17-19-13(9-27-17)7-15(23)25-2/h3-6,9H,7-8H2,1-2H3,(H,18,21)(H,19,20,22). The van der Waals surface area contributed by atoms with E-state index < -0.39 is 24.5 Å². The van der Waals surface area contributed by atoms with Gasteiger partial charge in [0.1, 0.15) is 0 Å². The zero-order valence-corrected chi connectivity index (χ0v) is 15.4. The Morgan fingerprint density at radius 2 is 1.96 bits per heavy atom. The number of ether oxygens (including phenoxy) is 2. The Hall–Kier alpha value is -3.27. The number of methoxy groups -OCH3 is 1. The Balaban J connectivity index is 1.85. The fourth-order valence-electron chi connectivity index (χ4n) is 1.96. The molecule has 2 rings (SSSR count). The predicted molar refractivity (Wildman–Crippen MR) is 97.5 cm³/mol. The van der Waals surface area contributed by atoms with Crippen molar-refractivity contribution in [1.29, 1.82) is 0 Å². The second-order valence-corrected chi connectivity index (χ2v) is 6.14. The Bertz CT molecular complexity index is 864. The van der Waals surface area contributed by atoms with Gasteiger partial charge in [0.2, 0.25) is 5.91 Å². The van der Waals surface area contributed by atoms with Gasteiger partial charge in [-0.15, -0.1) is 11.3 Å². The summed E-state index contributed by atoms with van der Waals surface area (Å²) in [5.74, 6) is -1.98. The Labute approximate surface area is 158 Å². The van der Waals surface area contributed by atoms with Gasteiger partial charge in [-0.2, -0.15) is 0 Å². The van der Waals surface area contributed by atoms with Gasteiger partial charge < -0.3 is 14.8 Å². The van der Waals surface area contributed by atoms with Crippen LogP contribution in [0.1, 0.15) is 23.0 Å². The van der Waals surface area contributed by atoms with E-state index in [4.69, 9.17) is 4.74 Å². The maximum absolute atomic E-state index is 12.0. The van der Waals surface area contributed by atoms with Crippen LogP contribution in [0.3, 0.4) is 0 Å². The third-order valence-corrected chi connectivity index (χ3v) is 3.91. The second kappa shape index (κ2) is 9.43. The first-order valence-corrected chi connectivity index (χ1v) is 8.61. The minimum atomic E-state index is -0.706. The monoisotopic (exact) mass is 391 g/mol. The average molecular weight is 391 g/mol. The summed E-state index contributed by atoms with van der Waals surface area (Å²) in [4.78, 5) is 50.2. The molecule has 1 aromatic heterocycles. The predicted octanol–water partition coefficient (Wildman–Crippen LogP) is 1.61. The molecule has 0 saturated heterocycles. The van der Waals surface area contributed by atoms with Crippen LogP contribution in [0.25, 0.3) is 0 Å². The van der Waals surface area contributed by atoms with E-state index >= 15 is 0 Å². The molecule has 0 radical (unpaired) electrons. The molecule has 0 saturated carbocycles. The minimum Gasteiger partial charge on any atom is -0.469 e. The zero-order valence-electron chi connectivity index (χ0n) is 14.6. The number of nitrogens with one attached hydrogen (secondary N) is 2. The summed E-state index contributed by atoms with van der Waals surface area (Å²) < 4.78 is 9.49. The summed E-state index contributed by atoms with van der Waals surface area (Å²) in [6.07, 6.45) is 0.00248. The first-order valence-electron chi connectivity index (χ1n) is 7.73. The number of benzene rings is 1.